The van der Waals surface area contributed by atoms with Crippen molar-refractivity contribution in [3.8, 4) is 0 Å². The van der Waals surface area contributed by atoms with Gasteiger partial charge in [-0.25, -0.2) is 0 Å². The maximum Gasteiger partial charge on any atom is 0.186 e. The molecule has 14 atom stereocenters. The van der Waals surface area contributed by atoms with Gasteiger partial charge in [-0.1, -0.05) is 0 Å². The molecule has 15 heteroatoms. The summed E-state index contributed by atoms with van der Waals surface area (Å²) in [5, 5.41) is 98.6. The number of hydrogen-bond acceptors (Lipinski definition) is 15. The van der Waals surface area contributed by atoms with Crippen LogP contribution in [0.25, 0.3) is 0 Å². The van der Waals surface area contributed by atoms with Gasteiger partial charge in [0.25, 0.3) is 0 Å². The van der Waals surface area contributed by atoms with Crippen LogP contribution in [-0.4, -0.2) is 157 Å². The molecule has 202 valence electrons. The first-order valence-corrected chi connectivity index (χ1v) is 10.8. The summed E-state index contributed by atoms with van der Waals surface area (Å²) in [6.45, 7) is 0.507. The smallest absolute Gasteiger partial charge is 0.186 e. The van der Waals surface area contributed by atoms with E-state index in [1.165, 1.54) is 13.8 Å². The summed E-state index contributed by atoms with van der Waals surface area (Å²) in [5.41, 5.74) is 0. The first kappa shape index (κ1) is 29.6. The van der Waals surface area contributed by atoms with Crippen molar-refractivity contribution in [2.75, 3.05) is 19.8 Å². The standard InChI is InChI=1S/C19H36O15/c1-6(22)11(23)8(3-20)32-10(5-30-19-16(28)13(25)12(24)7(2)31-19)34-17-9(4-21)33-18(29)15(27)14(17)26/h6-29H,3-5H2,1-2H3/t6-,7?,8?,9?,10+,11-,12-,13?,14?,15+,16+,17-,18?,19-/m1/s1. The maximum atomic E-state index is 10.3. The van der Waals surface area contributed by atoms with Crippen LogP contribution in [0.2, 0.25) is 0 Å². The zero-order valence-electron chi connectivity index (χ0n) is 18.7. The average Bonchev–Trinajstić information content (AvgIpc) is 2.81. The molecule has 0 bridgehead atoms. The summed E-state index contributed by atoms with van der Waals surface area (Å²) in [7, 11) is 0. The van der Waals surface area contributed by atoms with Crippen molar-refractivity contribution < 1.29 is 74.7 Å². The second-order valence-electron chi connectivity index (χ2n) is 8.36. The molecule has 2 rings (SSSR count). The normalized spacial score (nSPS) is 42.7. The monoisotopic (exact) mass is 504 g/mol. The highest BCUT2D eigenvalue weighted by molar-refractivity contribution is 4.90. The lowest BCUT2D eigenvalue weighted by atomic mass is 9.99. The van der Waals surface area contributed by atoms with Gasteiger partial charge in [0.15, 0.2) is 18.9 Å². The first-order chi connectivity index (χ1) is 15.9. The second-order valence-corrected chi connectivity index (χ2v) is 8.36. The quantitative estimate of drug-likeness (QED) is 0.118. The summed E-state index contributed by atoms with van der Waals surface area (Å²) >= 11 is 0. The number of aliphatic hydroxyl groups is 10. The van der Waals surface area contributed by atoms with E-state index < -0.39 is 106 Å². The van der Waals surface area contributed by atoms with Gasteiger partial charge in [0.1, 0.15) is 61.5 Å². The molecule has 0 radical (unpaired) electrons. The Bertz CT molecular complexity index is 594. The van der Waals surface area contributed by atoms with E-state index in [9.17, 15) is 51.1 Å². The maximum absolute atomic E-state index is 10.3. The molecule has 0 aromatic carbocycles. The van der Waals surface area contributed by atoms with Crippen molar-refractivity contribution in [2.45, 2.75) is 99.9 Å². The van der Waals surface area contributed by atoms with Crippen LogP contribution in [0.3, 0.4) is 0 Å². The molecular weight excluding hydrogens is 468 g/mol. The van der Waals surface area contributed by atoms with Gasteiger partial charge in [-0.15, -0.1) is 0 Å². The van der Waals surface area contributed by atoms with Crippen molar-refractivity contribution in [3.05, 3.63) is 0 Å². The minimum atomic E-state index is -1.81. The van der Waals surface area contributed by atoms with Crippen LogP contribution in [0, 0.1) is 0 Å². The molecule has 0 amide bonds. The Kier molecular flexibility index (Phi) is 11.4. The summed E-state index contributed by atoms with van der Waals surface area (Å²) < 4.78 is 26.8. The second kappa shape index (κ2) is 13.1. The van der Waals surface area contributed by atoms with Crippen LogP contribution in [0.5, 0.6) is 0 Å². The fourth-order valence-electron chi connectivity index (χ4n) is 3.58. The molecule has 2 aliphatic rings. The molecule has 0 aromatic heterocycles. The summed E-state index contributed by atoms with van der Waals surface area (Å²) in [5.74, 6) is 0. The Morgan fingerprint density at radius 1 is 0.853 bits per heavy atom. The van der Waals surface area contributed by atoms with Crippen LogP contribution in [0.15, 0.2) is 0 Å². The zero-order valence-corrected chi connectivity index (χ0v) is 18.7. The van der Waals surface area contributed by atoms with E-state index in [-0.39, 0.29) is 0 Å². The molecule has 0 saturated carbocycles. The molecule has 15 nitrogen and oxygen atoms in total. The lowest BCUT2D eigenvalue weighted by Crippen LogP contribution is -2.61. The third kappa shape index (κ3) is 7.00. The third-order valence-electron chi connectivity index (χ3n) is 5.73. The van der Waals surface area contributed by atoms with Gasteiger partial charge in [-0.3, -0.25) is 0 Å². The first-order valence-electron chi connectivity index (χ1n) is 10.8. The number of hydrogen-bond donors (Lipinski definition) is 10. The topological polar surface area (TPSA) is 248 Å². The number of ether oxygens (including phenoxy) is 5. The third-order valence-corrected chi connectivity index (χ3v) is 5.73. The molecule has 6 unspecified atom stereocenters. The Balaban J connectivity index is 2.18. The van der Waals surface area contributed by atoms with Crippen molar-refractivity contribution in [2.24, 2.45) is 0 Å². The highest BCUT2D eigenvalue weighted by Gasteiger charge is 2.47. The van der Waals surface area contributed by atoms with Gasteiger partial charge < -0.3 is 74.7 Å². The van der Waals surface area contributed by atoms with Gasteiger partial charge in [0, 0.05) is 0 Å². The van der Waals surface area contributed by atoms with Crippen molar-refractivity contribution in [3.63, 3.8) is 0 Å². The molecule has 2 saturated heterocycles. The number of rotatable bonds is 11. The summed E-state index contributed by atoms with van der Waals surface area (Å²) in [4.78, 5) is 0. The molecule has 0 aliphatic carbocycles. The minimum absolute atomic E-state index is 0.625. The molecule has 0 aromatic rings. The van der Waals surface area contributed by atoms with Crippen LogP contribution in [0.4, 0.5) is 0 Å². The van der Waals surface area contributed by atoms with Gasteiger partial charge in [0.2, 0.25) is 0 Å². The van der Waals surface area contributed by atoms with Crippen LogP contribution in [-0.2, 0) is 23.7 Å². The molecular formula is C19H36O15. The predicted octanol–water partition coefficient (Wildman–Crippen LogP) is -5.91. The van der Waals surface area contributed by atoms with E-state index in [0.717, 1.165) is 0 Å². The lowest BCUT2D eigenvalue weighted by molar-refractivity contribution is -0.343. The van der Waals surface area contributed by atoms with Gasteiger partial charge in [-0.05, 0) is 13.8 Å². The molecule has 0 spiro atoms. The Morgan fingerprint density at radius 2 is 1.50 bits per heavy atom. The zero-order chi connectivity index (χ0) is 25.7. The Labute approximate surface area is 195 Å². The molecule has 2 heterocycles. The van der Waals surface area contributed by atoms with Gasteiger partial charge in [-0.2, -0.15) is 0 Å². The predicted molar refractivity (Wildman–Crippen MR) is 107 cm³/mol. The van der Waals surface area contributed by atoms with Crippen LogP contribution >= 0.6 is 0 Å². The highest BCUT2D eigenvalue weighted by Crippen LogP contribution is 2.26. The highest BCUT2D eigenvalue weighted by atomic mass is 16.8. The van der Waals surface area contributed by atoms with E-state index in [4.69, 9.17) is 23.7 Å². The minimum Gasteiger partial charge on any atom is -0.394 e. The molecule has 2 fully saturated rings. The average molecular weight is 504 g/mol. The fourth-order valence-corrected chi connectivity index (χ4v) is 3.58. The number of aliphatic hydroxyl groups excluding tert-OH is 10. The van der Waals surface area contributed by atoms with E-state index in [0.29, 0.717) is 0 Å². The Morgan fingerprint density at radius 3 is 2.06 bits per heavy atom. The fraction of sp³-hybridized carbons (Fsp3) is 1.00. The van der Waals surface area contributed by atoms with Crippen molar-refractivity contribution in [1.29, 1.82) is 0 Å². The van der Waals surface area contributed by atoms with Crippen molar-refractivity contribution in [1.82, 2.24) is 0 Å². The van der Waals surface area contributed by atoms with E-state index >= 15 is 0 Å². The Hall–Kier alpha value is -0.600. The molecule has 2 aliphatic heterocycles. The summed E-state index contributed by atoms with van der Waals surface area (Å²) in [6.07, 6.45) is -21.2. The van der Waals surface area contributed by atoms with Crippen molar-refractivity contribution >= 4 is 0 Å². The van der Waals surface area contributed by atoms with Gasteiger partial charge in [0.05, 0.1) is 25.4 Å². The largest absolute Gasteiger partial charge is 0.394 e. The summed E-state index contributed by atoms with van der Waals surface area (Å²) in [6, 6.07) is 0. The molecule has 34 heavy (non-hydrogen) atoms. The SMILES string of the molecule is CC1O[C@@H](OC[C@@H](OC(CO)[C@H](O)[C@@H](C)O)O[C@@H]2C(CO)OC(O)[C@@H](O)C2O)[C@@H](O)C(O)[C@@H]1O. The van der Waals surface area contributed by atoms with E-state index in [1.807, 2.05) is 0 Å². The van der Waals surface area contributed by atoms with Gasteiger partial charge >= 0.3 is 0 Å². The van der Waals surface area contributed by atoms with E-state index in [2.05, 4.69) is 0 Å². The van der Waals surface area contributed by atoms with Crippen LogP contribution in [0.1, 0.15) is 13.8 Å². The molecule has 10 N–H and O–H groups in total. The van der Waals surface area contributed by atoms with Crippen LogP contribution < -0.4 is 0 Å². The lowest BCUT2D eigenvalue weighted by Gasteiger charge is -2.42. The van der Waals surface area contributed by atoms with E-state index in [1.54, 1.807) is 0 Å².